The lowest BCUT2D eigenvalue weighted by atomic mass is 10.1. The van der Waals surface area contributed by atoms with Crippen molar-refractivity contribution in [2.75, 3.05) is 0 Å². The molecule has 0 saturated carbocycles. The summed E-state index contributed by atoms with van der Waals surface area (Å²) in [5.74, 6) is -1.15. The summed E-state index contributed by atoms with van der Waals surface area (Å²) in [6, 6.07) is 45.8. The molecule has 0 aliphatic heterocycles. The van der Waals surface area contributed by atoms with Crippen LogP contribution >= 0.6 is 175 Å². The molecule has 8 rings (SSSR count). The van der Waals surface area contributed by atoms with Gasteiger partial charge < -0.3 is 0 Å². The Hall–Kier alpha value is -4.24. The fraction of sp³-hybridized carbons (Fsp3) is 0.138. The topological polar surface area (TPSA) is 137 Å². The third kappa shape index (κ3) is 33.2. The van der Waals surface area contributed by atoms with Gasteiger partial charge in [0.2, 0.25) is 5.78 Å². The van der Waals surface area contributed by atoms with E-state index in [1.54, 1.807) is 113 Å². The van der Waals surface area contributed by atoms with Gasteiger partial charge in [-0.3, -0.25) is 38.4 Å². The highest BCUT2D eigenvalue weighted by atomic mass is 127. The van der Waals surface area contributed by atoms with E-state index >= 15 is 0 Å². The first-order valence-electron chi connectivity index (χ1n) is 24.9. The molecule has 88 heavy (non-hydrogen) atoms. The third-order valence-corrected chi connectivity index (χ3v) is 15.3. The highest BCUT2D eigenvalue weighted by Crippen LogP contribution is 2.31. The fourth-order valence-corrected chi connectivity index (χ4v) is 10.0. The van der Waals surface area contributed by atoms with Crippen molar-refractivity contribution in [2.24, 2.45) is 0 Å². The first-order valence-corrected chi connectivity index (χ1v) is 31.7. The molecule has 0 aromatic heterocycles. The molecule has 0 spiro atoms. The highest BCUT2D eigenvalue weighted by Gasteiger charge is 2.36. The molecule has 8 nitrogen and oxygen atoms in total. The summed E-state index contributed by atoms with van der Waals surface area (Å²) in [7, 11) is 0. The quantitative estimate of drug-likeness (QED) is 0.0603. The van der Waals surface area contributed by atoms with Crippen LogP contribution in [0.25, 0.3) is 0 Å². The van der Waals surface area contributed by atoms with Gasteiger partial charge in [-0.05, 0) is 199 Å². The average molecular weight is 1680 g/mol. The summed E-state index contributed by atoms with van der Waals surface area (Å²) < 4.78 is 28.6. The van der Waals surface area contributed by atoms with Crippen molar-refractivity contribution in [1.82, 2.24) is 0 Å². The number of benzene rings is 8. The molecule has 0 saturated heterocycles. The van der Waals surface area contributed by atoms with E-state index in [2.05, 4.69) is 82.0 Å². The van der Waals surface area contributed by atoms with Crippen LogP contribution in [0.2, 0.25) is 40.2 Å². The van der Waals surface area contributed by atoms with Gasteiger partial charge in [0.25, 0.3) is 0 Å². The Kier molecular flexibility index (Phi) is 38.4. The molecule has 0 unspecified atom stereocenters. The number of hydrogen-bond acceptors (Lipinski definition) is 8. The van der Waals surface area contributed by atoms with Crippen LogP contribution in [0.3, 0.4) is 0 Å². The van der Waals surface area contributed by atoms with Gasteiger partial charge in [0.15, 0.2) is 40.5 Å². The number of halogens is 15. The van der Waals surface area contributed by atoms with Crippen molar-refractivity contribution in [2.45, 2.75) is 60.8 Å². The zero-order valence-electron chi connectivity index (χ0n) is 47.5. The molecule has 0 fully saturated rings. The Morgan fingerprint density at radius 3 is 1.08 bits per heavy atom. The van der Waals surface area contributed by atoms with Crippen LogP contribution < -0.4 is 0 Å². The minimum Gasteiger partial charge on any atom is -0.295 e. The second-order valence-corrected chi connectivity index (χ2v) is 25.6. The maximum absolute atomic E-state index is 12.3. The lowest BCUT2D eigenvalue weighted by molar-refractivity contribution is 0.0536. The van der Waals surface area contributed by atoms with Crippen molar-refractivity contribution < 1.29 is 47.1 Å². The van der Waals surface area contributed by atoms with Crippen molar-refractivity contribution in [3.05, 3.63) is 271 Å². The van der Waals surface area contributed by atoms with E-state index in [0.29, 0.717) is 63.0 Å². The summed E-state index contributed by atoms with van der Waals surface area (Å²) in [5.41, 5.74) is 5.17. The SMILES string of the molecule is CC(=O)c1cc(Br)cc(Br)c1.CC(=O)c1cc(Cl)c(Cl)c(Cl)c1.CC(=O)c1cc(Cl)cc(Cl)c1.CC(=O)c1ccc(Cl)c(Cl)c1.CC(=O)c1cccc(Br)c1.CC(=O)c1cccc(Cl)c1.CC(=O)c1cccc(I)c1.Cc1cccc(C(=O)C(F)(F)Cl)c1. The van der Waals surface area contributed by atoms with E-state index < -0.39 is 11.2 Å². The molecule has 0 atom stereocenters. The van der Waals surface area contributed by atoms with Gasteiger partial charge >= 0.3 is 5.38 Å². The second kappa shape index (κ2) is 41.3. The number of rotatable bonds is 9. The summed E-state index contributed by atoms with van der Waals surface area (Å²) in [6.45, 7) is 12.3. The number of aryl methyl sites for hydroxylation is 1. The Morgan fingerprint density at radius 2 is 0.705 bits per heavy atom. The predicted molar refractivity (Wildman–Crippen MR) is 377 cm³/mol. The molecule has 0 aliphatic rings. The number of carbonyl (C=O) groups excluding carboxylic acids is 8. The predicted octanol–water partition coefficient (Wildman–Crippen LogP) is 24.4. The minimum atomic E-state index is -3.81. The van der Waals surface area contributed by atoms with Gasteiger partial charge in [0, 0.05) is 76.6 Å². The van der Waals surface area contributed by atoms with Crippen LogP contribution in [-0.4, -0.2) is 51.6 Å². The molecule has 0 amide bonds. The normalized spacial score (nSPS) is 9.90. The number of Topliss-reactive ketones (excluding diaryl/α,β-unsaturated/α-hetero) is 8. The first kappa shape index (κ1) is 81.8. The van der Waals surface area contributed by atoms with Crippen LogP contribution in [0.4, 0.5) is 8.78 Å². The standard InChI is InChI=1S/C9H7ClF2O.C8H6Br2O.C8H7BrO.C8H5Cl3O.2C8H6Cl2O.C8H7ClO.C8H7IO/c1-6-3-2-4-7(5-6)8(13)9(10,11)12;1-5(11)6-2-7(9)4-8(10)3-6;1-6(10)7-3-2-4-8(9)5-7;1-4(12)5-2-6(9)8(11)7(10)3-5;1-5(11)6-2-7(9)4-8(10)3-6;1-5(11)6-2-3-7(9)8(10)4-6;2*1-6(10)7-3-2-4-8(9)5-7/h2-5H,1H3;2-4H,1H3;2-5H,1H3;2-3H,1H3;2*2-4H,1H3;2*2-5H,1H3. The Balaban J connectivity index is 0.000000504. The Labute approximate surface area is 593 Å². The maximum atomic E-state index is 12.3. The van der Waals surface area contributed by atoms with Crippen molar-refractivity contribution >= 4 is 221 Å². The summed E-state index contributed by atoms with van der Waals surface area (Å²) in [4.78, 5) is 86.7. The zero-order chi connectivity index (χ0) is 67.3. The Morgan fingerprint density at radius 1 is 0.352 bits per heavy atom. The third-order valence-electron chi connectivity index (χ3n) is 10.5. The smallest absolute Gasteiger partial charge is 0.295 e. The van der Waals surface area contributed by atoms with Crippen LogP contribution in [0.1, 0.15) is 137 Å². The van der Waals surface area contributed by atoms with Crippen LogP contribution in [0.5, 0.6) is 0 Å². The summed E-state index contributed by atoms with van der Waals surface area (Å²) in [5, 5.41) is -0.463. The van der Waals surface area contributed by atoms with E-state index in [9.17, 15) is 47.1 Å². The zero-order valence-corrected chi connectivity index (χ0v) is 61.2. The summed E-state index contributed by atoms with van der Waals surface area (Å²) in [6.07, 6.45) is 0. The molecule has 23 heteroatoms. The van der Waals surface area contributed by atoms with Crippen LogP contribution in [0, 0.1) is 10.5 Å². The lowest BCUT2D eigenvalue weighted by Crippen LogP contribution is -2.21. The fourth-order valence-electron chi connectivity index (χ4n) is 6.06. The lowest BCUT2D eigenvalue weighted by Gasteiger charge is -2.06. The summed E-state index contributed by atoms with van der Waals surface area (Å²) >= 11 is 62.0. The highest BCUT2D eigenvalue weighted by molar-refractivity contribution is 14.1. The van der Waals surface area contributed by atoms with E-state index in [-0.39, 0.29) is 51.1 Å². The van der Waals surface area contributed by atoms with E-state index in [4.69, 9.17) is 92.8 Å². The number of carbonyl (C=O) groups is 8. The van der Waals surface area contributed by atoms with Crippen LogP contribution in [0.15, 0.2) is 177 Å². The molecule has 8 aromatic carbocycles. The molecule has 0 aliphatic carbocycles. The van der Waals surface area contributed by atoms with Crippen molar-refractivity contribution in [3.8, 4) is 0 Å². The van der Waals surface area contributed by atoms with Gasteiger partial charge in [-0.2, -0.15) is 8.78 Å². The number of alkyl halides is 3. The van der Waals surface area contributed by atoms with E-state index in [1.165, 1.54) is 58.0 Å². The van der Waals surface area contributed by atoms with Crippen molar-refractivity contribution in [1.29, 1.82) is 0 Å². The van der Waals surface area contributed by atoms with E-state index in [1.807, 2.05) is 48.5 Å². The monoisotopic (exact) mass is 1680 g/mol. The van der Waals surface area contributed by atoms with Crippen LogP contribution in [-0.2, 0) is 0 Å². The first-order chi connectivity index (χ1) is 40.8. The molecule has 0 bridgehead atoms. The van der Waals surface area contributed by atoms with E-state index in [0.717, 1.165) is 33.7 Å². The van der Waals surface area contributed by atoms with Crippen molar-refractivity contribution in [3.63, 3.8) is 0 Å². The molecule has 8 aromatic rings. The molecule has 0 radical (unpaired) electrons. The van der Waals surface area contributed by atoms with Gasteiger partial charge in [-0.15, -0.1) is 0 Å². The number of ketones is 8. The molecule has 464 valence electrons. The maximum Gasteiger partial charge on any atom is 0.384 e. The molecule has 0 N–H and O–H groups in total. The van der Waals surface area contributed by atoms with Gasteiger partial charge in [-0.25, -0.2) is 0 Å². The number of hydrogen-bond donors (Lipinski definition) is 0. The molecular weight excluding hydrogens is 1630 g/mol. The minimum absolute atomic E-state index is 0.0106. The molecular formula is C65H51Br3Cl9F2IO8. The molecule has 0 heterocycles. The van der Waals surface area contributed by atoms with Gasteiger partial charge in [-0.1, -0.05) is 201 Å². The average Bonchev–Trinajstić information content (AvgIpc) is 3.43. The van der Waals surface area contributed by atoms with Gasteiger partial charge in [0.1, 0.15) is 0 Å². The van der Waals surface area contributed by atoms with Gasteiger partial charge in [0.05, 0.1) is 25.1 Å². The second-order valence-electron chi connectivity index (χ2n) is 17.8. The Bertz CT molecular complexity index is 3530. The largest absolute Gasteiger partial charge is 0.384 e.